The Morgan fingerprint density at radius 3 is 2.45 bits per heavy atom. The topological polar surface area (TPSA) is 87.6 Å². The number of ether oxygens (including phenoxy) is 2. The highest BCUT2D eigenvalue weighted by molar-refractivity contribution is 5.93. The van der Waals surface area contributed by atoms with Crippen molar-refractivity contribution in [2.24, 2.45) is 5.73 Å². The zero-order valence-corrected chi connectivity index (χ0v) is 10.7. The summed E-state index contributed by atoms with van der Waals surface area (Å²) in [6.07, 6.45) is 0. The number of anilines is 1. The normalized spacial score (nSPS) is 10.1. The van der Waals surface area contributed by atoms with Crippen molar-refractivity contribution in [1.29, 1.82) is 0 Å². The van der Waals surface area contributed by atoms with E-state index in [-0.39, 0.29) is 17.0 Å². The van der Waals surface area contributed by atoms with Crippen LogP contribution in [0.25, 0.3) is 0 Å². The van der Waals surface area contributed by atoms with E-state index >= 15 is 0 Å². The van der Waals surface area contributed by atoms with Gasteiger partial charge in [0.25, 0.3) is 0 Å². The first-order valence-corrected chi connectivity index (χ1v) is 5.71. The molecule has 0 saturated carbocycles. The van der Waals surface area contributed by atoms with Crippen molar-refractivity contribution in [2.75, 3.05) is 12.8 Å². The standard InChI is InChI=1S/C14H13FN2O3/c1-19-10-4-8(14(17)18)5-11(7-10)20-13-3-2-9(15)6-12(13)16/h2-7H,16H2,1H3,(H2,17,18). The Morgan fingerprint density at radius 1 is 1.15 bits per heavy atom. The second-order valence-corrected chi connectivity index (χ2v) is 4.05. The first kappa shape index (κ1) is 13.7. The zero-order chi connectivity index (χ0) is 14.7. The van der Waals surface area contributed by atoms with Crippen LogP contribution in [-0.2, 0) is 0 Å². The van der Waals surface area contributed by atoms with Gasteiger partial charge in [-0.2, -0.15) is 0 Å². The number of methoxy groups -OCH3 is 1. The Labute approximate surface area is 114 Å². The van der Waals surface area contributed by atoms with Crippen molar-refractivity contribution in [3.05, 3.63) is 47.8 Å². The highest BCUT2D eigenvalue weighted by Gasteiger charge is 2.09. The molecule has 2 aromatic rings. The van der Waals surface area contributed by atoms with Crippen LogP contribution in [0.4, 0.5) is 10.1 Å². The van der Waals surface area contributed by atoms with Crippen molar-refractivity contribution in [1.82, 2.24) is 0 Å². The largest absolute Gasteiger partial charge is 0.497 e. The molecule has 0 fully saturated rings. The van der Waals surface area contributed by atoms with E-state index in [0.717, 1.165) is 6.07 Å². The maximum absolute atomic E-state index is 13.0. The van der Waals surface area contributed by atoms with Crippen molar-refractivity contribution in [3.63, 3.8) is 0 Å². The molecule has 0 atom stereocenters. The first-order chi connectivity index (χ1) is 9.49. The number of halogens is 1. The summed E-state index contributed by atoms with van der Waals surface area (Å²) in [5, 5.41) is 0. The monoisotopic (exact) mass is 276 g/mol. The summed E-state index contributed by atoms with van der Waals surface area (Å²) in [5.41, 5.74) is 11.3. The van der Waals surface area contributed by atoms with Crippen molar-refractivity contribution < 1.29 is 18.7 Å². The summed E-state index contributed by atoms with van der Waals surface area (Å²) >= 11 is 0. The molecule has 0 spiro atoms. The van der Waals surface area contributed by atoms with Crippen LogP contribution in [0.15, 0.2) is 36.4 Å². The Balaban J connectivity index is 2.37. The number of hydrogen-bond acceptors (Lipinski definition) is 4. The van der Waals surface area contributed by atoms with Gasteiger partial charge >= 0.3 is 0 Å². The number of primary amides is 1. The molecule has 104 valence electrons. The average Bonchev–Trinajstić information content (AvgIpc) is 2.41. The molecule has 0 aliphatic heterocycles. The van der Waals surface area contributed by atoms with E-state index in [1.54, 1.807) is 6.07 Å². The summed E-state index contributed by atoms with van der Waals surface area (Å²) in [7, 11) is 1.45. The fourth-order valence-corrected chi connectivity index (χ4v) is 1.63. The minimum Gasteiger partial charge on any atom is -0.497 e. The van der Waals surface area contributed by atoms with Crippen LogP contribution in [0.3, 0.4) is 0 Å². The van der Waals surface area contributed by atoms with Crippen LogP contribution in [0.1, 0.15) is 10.4 Å². The molecular formula is C14H13FN2O3. The fourth-order valence-electron chi connectivity index (χ4n) is 1.63. The van der Waals surface area contributed by atoms with Crippen LogP contribution >= 0.6 is 0 Å². The van der Waals surface area contributed by atoms with E-state index in [1.807, 2.05) is 0 Å². The molecule has 1 amide bonds. The first-order valence-electron chi connectivity index (χ1n) is 5.71. The summed E-state index contributed by atoms with van der Waals surface area (Å²) in [6, 6.07) is 8.27. The van der Waals surface area contributed by atoms with E-state index in [4.69, 9.17) is 20.9 Å². The van der Waals surface area contributed by atoms with E-state index in [2.05, 4.69) is 0 Å². The number of carbonyl (C=O) groups excluding carboxylic acids is 1. The smallest absolute Gasteiger partial charge is 0.248 e. The van der Waals surface area contributed by atoms with Gasteiger partial charge in [0.2, 0.25) is 5.91 Å². The zero-order valence-electron chi connectivity index (χ0n) is 10.7. The van der Waals surface area contributed by atoms with Crippen molar-refractivity contribution in [2.45, 2.75) is 0 Å². The molecule has 0 heterocycles. The predicted octanol–water partition coefficient (Wildman–Crippen LogP) is 2.31. The van der Waals surface area contributed by atoms with Crippen LogP contribution < -0.4 is 20.9 Å². The van der Waals surface area contributed by atoms with E-state index in [0.29, 0.717) is 11.5 Å². The third-order valence-corrected chi connectivity index (χ3v) is 2.60. The van der Waals surface area contributed by atoms with Gasteiger partial charge in [-0.05, 0) is 24.3 Å². The lowest BCUT2D eigenvalue weighted by atomic mass is 10.2. The summed E-state index contributed by atoms with van der Waals surface area (Å²) < 4.78 is 23.5. The summed E-state index contributed by atoms with van der Waals surface area (Å²) in [5.74, 6) is -0.0670. The number of nitrogens with two attached hydrogens (primary N) is 2. The van der Waals surface area contributed by atoms with Gasteiger partial charge in [0.1, 0.15) is 17.3 Å². The molecule has 0 radical (unpaired) electrons. The molecule has 2 aromatic carbocycles. The van der Waals surface area contributed by atoms with Gasteiger partial charge in [-0.15, -0.1) is 0 Å². The molecule has 5 nitrogen and oxygen atoms in total. The fraction of sp³-hybridized carbons (Fsp3) is 0.0714. The molecule has 0 aliphatic carbocycles. The number of amides is 1. The summed E-state index contributed by atoms with van der Waals surface area (Å²) in [4.78, 5) is 11.2. The van der Waals surface area contributed by atoms with Gasteiger partial charge in [-0.1, -0.05) is 0 Å². The molecule has 2 rings (SSSR count). The Morgan fingerprint density at radius 2 is 1.85 bits per heavy atom. The number of carbonyl (C=O) groups is 1. The van der Waals surface area contributed by atoms with E-state index < -0.39 is 11.7 Å². The average molecular weight is 276 g/mol. The van der Waals surface area contributed by atoms with Gasteiger partial charge in [-0.3, -0.25) is 4.79 Å². The molecule has 0 saturated heterocycles. The molecule has 0 aromatic heterocycles. The number of rotatable bonds is 4. The lowest BCUT2D eigenvalue weighted by Gasteiger charge is -2.11. The molecule has 0 bridgehead atoms. The van der Waals surface area contributed by atoms with Gasteiger partial charge in [0.05, 0.1) is 12.8 Å². The molecular weight excluding hydrogens is 263 g/mol. The highest BCUT2D eigenvalue weighted by atomic mass is 19.1. The third kappa shape index (κ3) is 2.97. The SMILES string of the molecule is COc1cc(Oc2ccc(F)cc2N)cc(C(N)=O)c1. The molecule has 20 heavy (non-hydrogen) atoms. The Bertz CT molecular complexity index is 659. The minimum atomic E-state index is -0.610. The van der Waals surface area contributed by atoms with E-state index in [9.17, 15) is 9.18 Å². The lowest BCUT2D eigenvalue weighted by Crippen LogP contribution is -2.11. The minimum absolute atomic E-state index is 0.147. The predicted molar refractivity (Wildman–Crippen MR) is 72.4 cm³/mol. The molecule has 4 N–H and O–H groups in total. The van der Waals surface area contributed by atoms with Crippen LogP contribution in [0, 0.1) is 5.82 Å². The van der Waals surface area contributed by atoms with Crippen LogP contribution in [-0.4, -0.2) is 13.0 Å². The van der Waals surface area contributed by atoms with Gasteiger partial charge in [-0.25, -0.2) is 4.39 Å². The maximum atomic E-state index is 13.0. The van der Waals surface area contributed by atoms with Crippen molar-refractivity contribution in [3.8, 4) is 17.2 Å². The van der Waals surface area contributed by atoms with Crippen LogP contribution in [0.2, 0.25) is 0 Å². The number of hydrogen-bond donors (Lipinski definition) is 2. The summed E-state index contributed by atoms with van der Waals surface area (Å²) in [6.45, 7) is 0. The molecule has 0 aliphatic rings. The van der Waals surface area contributed by atoms with Gasteiger partial charge in [0.15, 0.2) is 5.75 Å². The Kier molecular flexibility index (Phi) is 3.74. The third-order valence-electron chi connectivity index (χ3n) is 2.60. The second-order valence-electron chi connectivity index (χ2n) is 4.05. The Hall–Kier alpha value is -2.76. The maximum Gasteiger partial charge on any atom is 0.248 e. The van der Waals surface area contributed by atoms with Crippen molar-refractivity contribution >= 4 is 11.6 Å². The second kappa shape index (κ2) is 5.48. The van der Waals surface area contributed by atoms with Gasteiger partial charge in [0, 0.05) is 17.7 Å². The highest BCUT2D eigenvalue weighted by Crippen LogP contribution is 2.31. The van der Waals surface area contributed by atoms with E-state index in [1.165, 1.54) is 31.4 Å². The lowest BCUT2D eigenvalue weighted by molar-refractivity contribution is 0.0999. The number of nitrogen functional groups attached to an aromatic ring is 1. The van der Waals surface area contributed by atoms with Gasteiger partial charge < -0.3 is 20.9 Å². The molecule has 6 heteroatoms. The van der Waals surface area contributed by atoms with Crippen LogP contribution in [0.5, 0.6) is 17.2 Å². The quantitative estimate of drug-likeness (QED) is 0.839. The molecule has 0 unspecified atom stereocenters. The number of benzene rings is 2.